The van der Waals surface area contributed by atoms with Crippen molar-refractivity contribution in [1.29, 1.82) is 0 Å². The number of benzene rings is 5. The fourth-order valence-electron chi connectivity index (χ4n) is 4.40. The number of rotatable bonds is 8. The summed E-state index contributed by atoms with van der Waals surface area (Å²) in [6.45, 7) is 0. The highest BCUT2D eigenvalue weighted by Gasteiger charge is 2.14. The van der Waals surface area contributed by atoms with E-state index in [1.165, 1.54) is 16.7 Å². The van der Waals surface area contributed by atoms with Crippen molar-refractivity contribution in [3.05, 3.63) is 150 Å². The first-order valence-electron chi connectivity index (χ1n) is 12.3. The van der Waals surface area contributed by atoms with Crippen LogP contribution < -0.4 is 14.4 Å². The third-order valence-corrected chi connectivity index (χ3v) is 6.27. The predicted molar refractivity (Wildman–Crippen MR) is 154 cm³/mol. The molecule has 0 spiro atoms. The molecule has 5 aromatic rings. The van der Waals surface area contributed by atoms with Crippen molar-refractivity contribution in [2.24, 2.45) is 0 Å². The van der Waals surface area contributed by atoms with Crippen LogP contribution in [0.4, 0.5) is 17.1 Å². The molecule has 5 aromatic carbocycles. The Labute approximate surface area is 218 Å². The molecule has 0 amide bonds. The highest BCUT2D eigenvalue weighted by molar-refractivity contribution is 5.92. The minimum Gasteiger partial charge on any atom is -0.497 e. The molecule has 37 heavy (non-hydrogen) atoms. The normalized spacial score (nSPS) is 10.4. The average molecular weight is 484 g/mol. The molecule has 5 rings (SSSR count). The molecule has 0 saturated carbocycles. The van der Waals surface area contributed by atoms with Crippen molar-refractivity contribution in [3.8, 4) is 11.5 Å². The van der Waals surface area contributed by atoms with E-state index in [9.17, 15) is 0 Å². The molecule has 0 heterocycles. The summed E-state index contributed by atoms with van der Waals surface area (Å²) in [4.78, 5) is 2.24. The second-order valence-corrected chi connectivity index (χ2v) is 8.62. The number of methoxy groups -OCH3 is 2. The Bertz CT molecular complexity index is 1370. The second-order valence-electron chi connectivity index (χ2n) is 8.62. The maximum absolute atomic E-state index is 5.39. The number of hydrogen-bond acceptors (Lipinski definition) is 3. The number of nitrogens with zero attached hydrogens (tertiary/aromatic N) is 1. The van der Waals surface area contributed by atoms with Crippen molar-refractivity contribution in [2.75, 3.05) is 19.1 Å². The van der Waals surface area contributed by atoms with Crippen LogP contribution in [0, 0.1) is 0 Å². The Morgan fingerprint density at radius 2 is 1.00 bits per heavy atom. The third kappa shape index (κ3) is 5.57. The zero-order valence-electron chi connectivity index (χ0n) is 21.0. The fraction of sp³-hybridized carbons (Fsp3) is 0.0588. The van der Waals surface area contributed by atoms with Gasteiger partial charge in [0.25, 0.3) is 0 Å². The maximum atomic E-state index is 5.39. The highest BCUT2D eigenvalue weighted by atomic mass is 16.5. The molecule has 0 N–H and O–H groups in total. The third-order valence-electron chi connectivity index (χ3n) is 6.27. The molecule has 3 nitrogen and oxygen atoms in total. The molecular weight excluding hydrogens is 454 g/mol. The Hall–Kier alpha value is -4.76. The molecule has 0 unspecified atom stereocenters. The second kappa shape index (κ2) is 11.3. The Morgan fingerprint density at radius 3 is 1.46 bits per heavy atom. The number of ether oxygens (including phenoxy) is 2. The number of hydrogen-bond donors (Lipinski definition) is 0. The molecular formula is C34H29NO2. The van der Waals surface area contributed by atoms with Gasteiger partial charge in [-0.15, -0.1) is 0 Å². The Balaban J connectivity index is 1.61. The van der Waals surface area contributed by atoms with Gasteiger partial charge in [0, 0.05) is 17.1 Å². The summed E-state index contributed by atoms with van der Waals surface area (Å²) in [5, 5.41) is 0. The molecule has 0 aliphatic heterocycles. The first-order valence-corrected chi connectivity index (χ1v) is 12.3. The van der Waals surface area contributed by atoms with Crippen LogP contribution in [0.15, 0.2) is 133 Å². The highest BCUT2D eigenvalue weighted by Crippen LogP contribution is 2.37. The lowest BCUT2D eigenvalue weighted by Crippen LogP contribution is -2.10. The summed E-state index contributed by atoms with van der Waals surface area (Å²) in [6.07, 6.45) is 2.26. The van der Waals surface area contributed by atoms with Gasteiger partial charge in [-0.1, -0.05) is 72.8 Å². The topological polar surface area (TPSA) is 21.7 Å². The molecule has 3 heteroatoms. The lowest BCUT2D eigenvalue weighted by atomic mass is 9.95. The van der Waals surface area contributed by atoms with Gasteiger partial charge in [-0.05, 0) is 89.0 Å². The van der Waals surface area contributed by atoms with Crippen molar-refractivity contribution in [1.82, 2.24) is 0 Å². The standard InChI is InChI=1S/C34H29NO2/c1-36-32-20-16-29(17-21-32)35(30-18-22-33(37-2)23-19-30)31-15-9-10-26(24-31)25-34(27-11-5-3-6-12-27)28-13-7-4-8-14-28/h3-25H,1-2H3. The van der Waals surface area contributed by atoms with Crippen LogP contribution in [-0.2, 0) is 0 Å². The van der Waals surface area contributed by atoms with Gasteiger partial charge >= 0.3 is 0 Å². The lowest BCUT2D eigenvalue weighted by Gasteiger charge is -2.26. The molecule has 0 atom stereocenters. The Morgan fingerprint density at radius 1 is 0.514 bits per heavy atom. The molecule has 0 aliphatic rings. The van der Waals surface area contributed by atoms with Crippen LogP contribution in [0.5, 0.6) is 11.5 Å². The molecule has 0 fully saturated rings. The van der Waals surface area contributed by atoms with Crippen LogP contribution in [0.3, 0.4) is 0 Å². The molecule has 0 aliphatic carbocycles. The summed E-state index contributed by atoms with van der Waals surface area (Å²) in [5.41, 5.74) is 7.80. The van der Waals surface area contributed by atoms with Crippen LogP contribution in [0.1, 0.15) is 16.7 Å². The zero-order chi connectivity index (χ0) is 25.5. The quantitative estimate of drug-likeness (QED) is 0.206. The smallest absolute Gasteiger partial charge is 0.119 e. The summed E-state index contributed by atoms with van der Waals surface area (Å²) in [5.74, 6) is 1.65. The van der Waals surface area contributed by atoms with Crippen LogP contribution in [0.25, 0.3) is 11.6 Å². The monoisotopic (exact) mass is 483 g/mol. The lowest BCUT2D eigenvalue weighted by molar-refractivity contribution is 0.415. The predicted octanol–water partition coefficient (Wildman–Crippen LogP) is 8.76. The summed E-state index contributed by atoms with van der Waals surface area (Å²) >= 11 is 0. The van der Waals surface area contributed by atoms with Gasteiger partial charge in [-0.25, -0.2) is 0 Å². The van der Waals surface area contributed by atoms with E-state index in [-0.39, 0.29) is 0 Å². The van der Waals surface area contributed by atoms with Gasteiger partial charge in [0.1, 0.15) is 11.5 Å². The van der Waals surface area contributed by atoms with E-state index in [0.29, 0.717) is 0 Å². The summed E-state index contributed by atoms with van der Waals surface area (Å²) in [7, 11) is 3.37. The summed E-state index contributed by atoms with van der Waals surface area (Å²) < 4.78 is 10.8. The van der Waals surface area contributed by atoms with Gasteiger partial charge in [0.15, 0.2) is 0 Å². The largest absolute Gasteiger partial charge is 0.497 e. The fourth-order valence-corrected chi connectivity index (χ4v) is 4.40. The first kappa shape index (κ1) is 24.0. The Kier molecular flexibility index (Phi) is 7.33. The SMILES string of the molecule is COc1ccc(N(c2ccc(OC)cc2)c2cccc(C=C(c3ccccc3)c3ccccc3)c2)cc1. The van der Waals surface area contributed by atoms with Gasteiger partial charge < -0.3 is 14.4 Å². The zero-order valence-corrected chi connectivity index (χ0v) is 21.0. The van der Waals surface area contributed by atoms with E-state index in [0.717, 1.165) is 34.1 Å². The first-order chi connectivity index (χ1) is 18.2. The van der Waals surface area contributed by atoms with Gasteiger partial charge in [0.05, 0.1) is 14.2 Å². The van der Waals surface area contributed by atoms with Gasteiger partial charge in [0.2, 0.25) is 0 Å². The van der Waals surface area contributed by atoms with E-state index in [1.807, 2.05) is 36.4 Å². The minimum atomic E-state index is 0.825. The van der Waals surface area contributed by atoms with Crippen molar-refractivity contribution >= 4 is 28.7 Å². The number of anilines is 3. The van der Waals surface area contributed by atoms with Gasteiger partial charge in [-0.3, -0.25) is 0 Å². The molecule has 182 valence electrons. The van der Waals surface area contributed by atoms with Crippen molar-refractivity contribution in [2.45, 2.75) is 0 Å². The molecule has 0 bridgehead atoms. The van der Waals surface area contributed by atoms with Crippen LogP contribution in [0.2, 0.25) is 0 Å². The molecule has 0 saturated heterocycles. The van der Waals surface area contributed by atoms with E-state index in [2.05, 4.69) is 108 Å². The average Bonchev–Trinajstić information content (AvgIpc) is 2.98. The minimum absolute atomic E-state index is 0.825. The van der Waals surface area contributed by atoms with Crippen LogP contribution in [-0.4, -0.2) is 14.2 Å². The maximum Gasteiger partial charge on any atom is 0.119 e. The van der Waals surface area contributed by atoms with E-state index in [4.69, 9.17) is 9.47 Å². The van der Waals surface area contributed by atoms with Crippen LogP contribution >= 0.6 is 0 Å². The molecule has 0 radical (unpaired) electrons. The van der Waals surface area contributed by atoms with E-state index < -0.39 is 0 Å². The molecule has 0 aromatic heterocycles. The van der Waals surface area contributed by atoms with Crippen molar-refractivity contribution in [3.63, 3.8) is 0 Å². The summed E-state index contributed by atoms with van der Waals surface area (Å²) in [6, 6.07) is 45.9. The van der Waals surface area contributed by atoms with Gasteiger partial charge in [-0.2, -0.15) is 0 Å². The van der Waals surface area contributed by atoms with E-state index >= 15 is 0 Å². The van der Waals surface area contributed by atoms with Crippen molar-refractivity contribution < 1.29 is 9.47 Å². The van der Waals surface area contributed by atoms with E-state index in [1.54, 1.807) is 14.2 Å².